The standard InChI is InChI=1S/C20H25N7O3/c1-22-17-10-16(25-19-14(18(21)28)11-23-27(17)19)24-15-7-4-8-26(20(15)29)12-5-3-6-13(9-12)30-2/h4,7-8,10-13,22H,3,5-6,9H2,1-2H3,(H2,21,28)(H,24,25)/t12-,13-/m1/s1. The van der Waals surface area contributed by atoms with Gasteiger partial charge in [0.05, 0.1) is 12.3 Å². The van der Waals surface area contributed by atoms with E-state index < -0.39 is 5.91 Å². The van der Waals surface area contributed by atoms with Gasteiger partial charge >= 0.3 is 0 Å². The predicted molar refractivity (Wildman–Crippen MR) is 113 cm³/mol. The largest absolute Gasteiger partial charge is 0.381 e. The molecule has 3 aromatic heterocycles. The van der Waals surface area contributed by atoms with Gasteiger partial charge in [-0.05, 0) is 37.8 Å². The molecule has 10 nitrogen and oxygen atoms in total. The van der Waals surface area contributed by atoms with Gasteiger partial charge in [0, 0.05) is 32.5 Å². The fraction of sp³-hybridized carbons (Fsp3) is 0.400. The first-order valence-corrected chi connectivity index (χ1v) is 9.89. The number of carbonyl (C=O) groups excluding carboxylic acids is 1. The first-order chi connectivity index (χ1) is 14.5. The van der Waals surface area contributed by atoms with E-state index >= 15 is 0 Å². The molecule has 4 N–H and O–H groups in total. The van der Waals surface area contributed by atoms with Gasteiger partial charge in [0.25, 0.3) is 11.5 Å². The number of fused-ring (bicyclic) bond motifs is 1. The number of hydrogen-bond donors (Lipinski definition) is 3. The molecule has 1 fully saturated rings. The smallest absolute Gasteiger partial charge is 0.274 e. The highest BCUT2D eigenvalue weighted by molar-refractivity contribution is 5.98. The summed E-state index contributed by atoms with van der Waals surface area (Å²) in [5, 5.41) is 10.3. The van der Waals surface area contributed by atoms with Crippen LogP contribution in [0.1, 0.15) is 42.1 Å². The number of primary amides is 1. The number of methoxy groups -OCH3 is 1. The average molecular weight is 411 g/mol. The zero-order valence-electron chi connectivity index (χ0n) is 17.0. The van der Waals surface area contributed by atoms with Crippen LogP contribution in [0.2, 0.25) is 0 Å². The molecule has 0 radical (unpaired) electrons. The van der Waals surface area contributed by atoms with Crippen LogP contribution < -0.4 is 21.9 Å². The molecular formula is C20H25N7O3. The third-order valence-electron chi connectivity index (χ3n) is 5.56. The van der Waals surface area contributed by atoms with Crippen molar-refractivity contribution in [3.63, 3.8) is 0 Å². The summed E-state index contributed by atoms with van der Waals surface area (Å²) in [4.78, 5) is 29.3. The second-order valence-electron chi connectivity index (χ2n) is 7.37. The molecule has 3 heterocycles. The zero-order valence-corrected chi connectivity index (χ0v) is 17.0. The highest BCUT2D eigenvalue weighted by atomic mass is 16.5. The van der Waals surface area contributed by atoms with Gasteiger partial charge in [-0.25, -0.2) is 4.98 Å². The van der Waals surface area contributed by atoms with Crippen LogP contribution in [-0.4, -0.2) is 45.3 Å². The molecule has 30 heavy (non-hydrogen) atoms. The second kappa shape index (κ2) is 8.15. The summed E-state index contributed by atoms with van der Waals surface area (Å²) in [6.07, 6.45) is 7.15. The van der Waals surface area contributed by atoms with Crippen molar-refractivity contribution in [3.8, 4) is 0 Å². The minimum absolute atomic E-state index is 0.0950. The Balaban J connectivity index is 1.69. The van der Waals surface area contributed by atoms with Crippen molar-refractivity contribution >= 4 is 28.9 Å². The van der Waals surface area contributed by atoms with E-state index in [2.05, 4.69) is 20.7 Å². The number of nitrogens with one attached hydrogen (secondary N) is 2. The minimum Gasteiger partial charge on any atom is -0.381 e. The highest BCUT2D eigenvalue weighted by Crippen LogP contribution is 2.29. The van der Waals surface area contributed by atoms with Gasteiger partial charge in [-0.2, -0.15) is 9.61 Å². The van der Waals surface area contributed by atoms with Crippen molar-refractivity contribution in [2.75, 3.05) is 24.8 Å². The summed E-state index contributed by atoms with van der Waals surface area (Å²) < 4.78 is 8.75. The van der Waals surface area contributed by atoms with E-state index in [0.29, 0.717) is 23.0 Å². The molecular weight excluding hydrogens is 386 g/mol. The van der Waals surface area contributed by atoms with E-state index in [1.54, 1.807) is 30.9 Å². The molecule has 2 atom stereocenters. The van der Waals surface area contributed by atoms with Crippen molar-refractivity contribution in [2.45, 2.75) is 37.8 Å². The Bertz CT molecular complexity index is 1140. The van der Waals surface area contributed by atoms with Crippen molar-refractivity contribution in [1.82, 2.24) is 19.2 Å². The molecule has 1 aliphatic rings. The molecule has 3 aromatic rings. The highest BCUT2D eigenvalue weighted by Gasteiger charge is 2.24. The summed E-state index contributed by atoms with van der Waals surface area (Å²) in [7, 11) is 3.45. The van der Waals surface area contributed by atoms with Crippen LogP contribution in [0.5, 0.6) is 0 Å². The number of nitrogens with zero attached hydrogens (tertiary/aromatic N) is 4. The number of amides is 1. The Labute approximate surface area is 173 Å². The first-order valence-electron chi connectivity index (χ1n) is 9.89. The molecule has 158 valence electrons. The number of hydrogen-bond acceptors (Lipinski definition) is 7. The Kier molecular flexibility index (Phi) is 5.40. The van der Waals surface area contributed by atoms with Gasteiger partial charge in [0.2, 0.25) is 0 Å². The molecule has 4 rings (SSSR count). The quantitative estimate of drug-likeness (QED) is 0.565. The van der Waals surface area contributed by atoms with E-state index in [1.807, 2.05) is 12.3 Å². The molecule has 10 heteroatoms. The third kappa shape index (κ3) is 3.61. The molecule has 0 saturated heterocycles. The maximum Gasteiger partial charge on any atom is 0.274 e. The normalized spacial score (nSPS) is 19.0. The lowest BCUT2D eigenvalue weighted by Gasteiger charge is -2.29. The van der Waals surface area contributed by atoms with Crippen LogP contribution in [0, 0.1) is 0 Å². The maximum atomic E-state index is 13.1. The number of carbonyl (C=O) groups is 1. The fourth-order valence-corrected chi connectivity index (χ4v) is 4.00. The summed E-state index contributed by atoms with van der Waals surface area (Å²) in [5.74, 6) is 0.383. The molecule has 1 aliphatic carbocycles. The summed E-state index contributed by atoms with van der Waals surface area (Å²) in [5.41, 5.74) is 6.21. The number of aromatic nitrogens is 4. The summed E-state index contributed by atoms with van der Waals surface area (Å²) in [6.45, 7) is 0. The van der Waals surface area contributed by atoms with Gasteiger partial charge in [-0.3, -0.25) is 9.59 Å². The van der Waals surface area contributed by atoms with Gasteiger partial charge in [-0.1, -0.05) is 0 Å². The number of rotatable bonds is 6. The molecule has 0 aromatic carbocycles. The first kappa shape index (κ1) is 19.9. The van der Waals surface area contributed by atoms with E-state index in [0.717, 1.165) is 25.7 Å². The molecule has 0 bridgehead atoms. The monoisotopic (exact) mass is 411 g/mol. The van der Waals surface area contributed by atoms with Gasteiger partial charge < -0.3 is 25.7 Å². The minimum atomic E-state index is -0.622. The van der Waals surface area contributed by atoms with Gasteiger partial charge in [0.1, 0.15) is 22.9 Å². The van der Waals surface area contributed by atoms with Crippen LogP contribution >= 0.6 is 0 Å². The van der Waals surface area contributed by atoms with Crippen molar-refractivity contribution < 1.29 is 9.53 Å². The topological polar surface area (TPSA) is 129 Å². The molecule has 0 aliphatic heterocycles. The molecule has 0 spiro atoms. The Morgan fingerprint density at radius 1 is 1.37 bits per heavy atom. The lowest BCUT2D eigenvalue weighted by molar-refractivity contribution is 0.0525. The number of anilines is 3. The predicted octanol–water partition coefficient (Wildman–Crippen LogP) is 1.91. The van der Waals surface area contributed by atoms with Crippen LogP contribution in [0.15, 0.2) is 35.4 Å². The second-order valence-corrected chi connectivity index (χ2v) is 7.37. The van der Waals surface area contributed by atoms with E-state index in [9.17, 15) is 9.59 Å². The van der Waals surface area contributed by atoms with Gasteiger partial charge in [0.15, 0.2) is 5.65 Å². The molecule has 0 unspecified atom stereocenters. The molecule has 1 amide bonds. The molecule has 1 saturated carbocycles. The fourth-order valence-electron chi connectivity index (χ4n) is 4.00. The Hall–Kier alpha value is -3.40. The van der Waals surface area contributed by atoms with Crippen LogP contribution in [0.25, 0.3) is 5.65 Å². The van der Waals surface area contributed by atoms with E-state index in [-0.39, 0.29) is 23.3 Å². The van der Waals surface area contributed by atoms with Crippen LogP contribution in [0.4, 0.5) is 17.3 Å². The SMILES string of the molecule is CNc1cc(Nc2cccn([C@@H]3CCC[C@@H](OC)C3)c2=O)nc2c(C(N)=O)cnn12. The zero-order chi connectivity index (χ0) is 21.3. The Morgan fingerprint density at radius 3 is 2.93 bits per heavy atom. The Morgan fingerprint density at radius 2 is 2.20 bits per heavy atom. The van der Waals surface area contributed by atoms with Crippen LogP contribution in [0.3, 0.4) is 0 Å². The number of ether oxygens (including phenoxy) is 1. The third-order valence-corrected chi connectivity index (χ3v) is 5.56. The summed E-state index contributed by atoms with van der Waals surface area (Å²) >= 11 is 0. The van der Waals surface area contributed by atoms with Gasteiger partial charge in [-0.15, -0.1) is 0 Å². The summed E-state index contributed by atoms with van der Waals surface area (Å²) in [6, 6.07) is 5.36. The lowest BCUT2D eigenvalue weighted by atomic mass is 9.92. The van der Waals surface area contributed by atoms with E-state index in [1.165, 1.54) is 10.7 Å². The average Bonchev–Trinajstić information content (AvgIpc) is 3.19. The lowest BCUT2D eigenvalue weighted by Crippen LogP contribution is -2.31. The number of nitrogens with two attached hydrogens (primary N) is 1. The van der Waals surface area contributed by atoms with Crippen LogP contribution in [-0.2, 0) is 4.74 Å². The van der Waals surface area contributed by atoms with Crippen molar-refractivity contribution in [3.05, 3.63) is 46.5 Å². The number of pyridine rings is 1. The van der Waals surface area contributed by atoms with Crippen molar-refractivity contribution in [1.29, 1.82) is 0 Å². The van der Waals surface area contributed by atoms with Crippen molar-refractivity contribution in [2.24, 2.45) is 5.73 Å². The maximum absolute atomic E-state index is 13.1. The van der Waals surface area contributed by atoms with E-state index in [4.69, 9.17) is 10.5 Å².